The lowest BCUT2D eigenvalue weighted by atomic mass is 9.76. The Morgan fingerprint density at radius 2 is 2.12 bits per heavy atom. The minimum Gasteiger partial charge on any atom is -0.496 e. The van der Waals surface area contributed by atoms with Crippen LogP contribution in [0.25, 0.3) is 0 Å². The summed E-state index contributed by atoms with van der Waals surface area (Å²) in [5, 5.41) is 11.2. The number of hydrogen-bond donors (Lipinski definition) is 2. The van der Waals surface area contributed by atoms with Gasteiger partial charge < -0.3 is 10.5 Å². The van der Waals surface area contributed by atoms with Gasteiger partial charge in [0.05, 0.1) is 24.7 Å². The lowest BCUT2D eigenvalue weighted by Gasteiger charge is -2.39. The topological polar surface area (TPSA) is 108 Å². The van der Waals surface area contributed by atoms with Crippen molar-refractivity contribution in [2.75, 3.05) is 7.11 Å². The minimum absolute atomic E-state index is 0.0437. The highest BCUT2D eigenvalue weighted by Crippen LogP contribution is 2.46. The number of benzene rings is 1. The summed E-state index contributed by atoms with van der Waals surface area (Å²) in [4.78, 5) is 24.4. The number of ketones is 1. The highest BCUT2D eigenvalue weighted by atomic mass is 16.5. The van der Waals surface area contributed by atoms with Crippen LogP contribution in [0.2, 0.25) is 0 Å². The molecule has 1 aromatic rings. The number of amides is 1. The fourth-order valence-electron chi connectivity index (χ4n) is 3.59. The number of allylic oxidation sites excluding steroid dienone is 3. The van der Waals surface area contributed by atoms with Crippen molar-refractivity contribution in [2.45, 2.75) is 32.1 Å². The Bertz CT molecular complexity index is 879. The summed E-state index contributed by atoms with van der Waals surface area (Å²) in [6.07, 6.45) is 1.66. The van der Waals surface area contributed by atoms with Crippen molar-refractivity contribution in [2.24, 2.45) is 5.73 Å². The van der Waals surface area contributed by atoms with Crippen LogP contribution < -0.4 is 15.9 Å². The lowest BCUT2D eigenvalue weighted by Crippen LogP contribution is -2.47. The molecule has 0 saturated carbocycles. The van der Waals surface area contributed by atoms with Crippen molar-refractivity contribution >= 4 is 11.7 Å². The third-order valence-corrected chi connectivity index (χ3v) is 4.63. The van der Waals surface area contributed by atoms with Gasteiger partial charge in [0.1, 0.15) is 11.6 Å². The summed E-state index contributed by atoms with van der Waals surface area (Å²) < 4.78 is 5.44. The molecule has 3 N–H and O–H groups in total. The van der Waals surface area contributed by atoms with Crippen LogP contribution in [0.4, 0.5) is 0 Å². The number of rotatable bonds is 3. The molecule has 26 heavy (non-hydrogen) atoms. The van der Waals surface area contributed by atoms with Crippen molar-refractivity contribution in [1.29, 1.82) is 5.26 Å². The van der Waals surface area contributed by atoms with Crippen molar-refractivity contribution in [1.82, 2.24) is 10.4 Å². The highest BCUT2D eigenvalue weighted by molar-refractivity contribution is 6.00. The van der Waals surface area contributed by atoms with Crippen molar-refractivity contribution in [3.63, 3.8) is 0 Å². The summed E-state index contributed by atoms with van der Waals surface area (Å²) in [7, 11) is 1.54. The zero-order valence-corrected chi connectivity index (χ0v) is 14.7. The number of nitrogens with two attached hydrogens (primary N) is 1. The molecule has 1 aliphatic carbocycles. The van der Waals surface area contributed by atoms with Gasteiger partial charge in [-0.2, -0.15) is 5.26 Å². The molecule has 1 heterocycles. The van der Waals surface area contributed by atoms with Gasteiger partial charge in [-0.15, -0.1) is 0 Å². The van der Waals surface area contributed by atoms with Gasteiger partial charge in [0.25, 0.3) is 0 Å². The van der Waals surface area contributed by atoms with Gasteiger partial charge in [0, 0.05) is 30.2 Å². The average molecular weight is 352 g/mol. The van der Waals surface area contributed by atoms with Gasteiger partial charge in [-0.25, -0.2) is 5.01 Å². The first-order valence-electron chi connectivity index (χ1n) is 8.35. The van der Waals surface area contributed by atoms with Crippen LogP contribution in [0, 0.1) is 11.3 Å². The number of hydrogen-bond acceptors (Lipinski definition) is 6. The maximum Gasteiger partial charge on any atom is 0.235 e. The molecule has 0 fully saturated rings. The molecule has 0 aromatic heterocycles. The van der Waals surface area contributed by atoms with Crippen molar-refractivity contribution in [3.05, 3.63) is 52.5 Å². The summed E-state index contributed by atoms with van der Waals surface area (Å²) in [5.41, 5.74) is 10.9. The molecule has 3 rings (SSSR count). The second-order valence-electron chi connectivity index (χ2n) is 6.23. The van der Waals surface area contributed by atoms with E-state index in [1.54, 1.807) is 13.2 Å². The SMILES string of the molecule is COc1ccccc1C1C(C#N)=C(N)N(NC(C)=O)C2=C1C(=O)CCC2. The summed E-state index contributed by atoms with van der Waals surface area (Å²) in [5.74, 6) is -0.268. The molecule has 2 aliphatic rings. The predicted molar refractivity (Wildman–Crippen MR) is 94.1 cm³/mol. The molecule has 1 amide bonds. The van der Waals surface area contributed by atoms with Crippen LogP contribution >= 0.6 is 0 Å². The molecule has 1 unspecified atom stereocenters. The van der Waals surface area contributed by atoms with Gasteiger partial charge in [-0.1, -0.05) is 18.2 Å². The number of nitrogens with zero attached hydrogens (tertiary/aromatic N) is 2. The number of nitriles is 1. The summed E-state index contributed by atoms with van der Waals surface area (Å²) >= 11 is 0. The fourth-order valence-corrected chi connectivity index (χ4v) is 3.59. The predicted octanol–water partition coefficient (Wildman–Crippen LogP) is 1.85. The van der Waals surface area contributed by atoms with E-state index in [1.165, 1.54) is 11.9 Å². The third-order valence-electron chi connectivity index (χ3n) is 4.63. The second kappa shape index (κ2) is 6.92. The molecule has 0 spiro atoms. The molecule has 0 bridgehead atoms. The molecule has 1 atom stereocenters. The van der Waals surface area contributed by atoms with Crippen LogP contribution in [-0.2, 0) is 9.59 Å². The van der Waals surface area contributed by atoms with Gasteiger partial charge in [0.15, 0.2) is 5.78 Å². The number of hydrazine groups is 1. The summed E-state index contributed by atoms with van der Waals surface area (Å²) in [6.45, 7) is 1.36. The van der Waals surface area contributed by atoms with Crippen LogP contribution in [0.15, 0.2) is 46.9 Å². The van der Waals surface area contributed by atoms with Gasteiger partial charge in [-0.05, 0) is 18.9 Å². The van der Waals surface area contributed by atoms with Crippen molar-refractivity contribution < 1.29 is 14.3 Å². The highest BCUT2D eigenvalue weighted by Gasteiger charge is 2.41. The zero-order chi connectivity index (χ0) is 18.8. The number of Topliss-reactive ketones (excluding diaryl/α,β-unsaturated/α-hetero) is 1. The number of nitrogens with one attached hydrogen (secondary N) is 1. The minimum atomic E-state index is -0.607. The Morgan fingerprint density at radius 3 is 2.77 bits per heavy atom. The molecule has 0 radical (unpaired) electrons. The molecular weight excluding hydrogens is 332 g/mol. The van der Waals surface area contributed by atoms with E-state index in [9.17, 15) is 14.9 Å². The van der Waals surface area contributed by atoms with E-state index < -0.39 is 5.92 Å². The Kier molecular flexibility index (Phi) is 4.67. The molecule has 0 saturated heterocycles. The number of para-hydroxylation sites is 1. The van der Waals surface area contributed by atoms with E-state index in [1.807, 2.05) is 18.2 Å². The molecule has 7 nitrogen and oxygen atoms in total. The van der Waals surface area contributed by atoms with Crippen LogP contribution in [0.1, 0.15) is 37.7 Å². The largest absolute Gasteiger partial charge is 0.496 e. The Balaban J connectivity index is 2.26. The van der Waals surface area contributed by atoms with E-state index in [-0.39, 0.29) is 23.1 Å². The smallest absolute Gasteiger partial charge is 0.235 e. The number of carbonyl (C=O) groups excluding carboxylic acids is 2. The molecule has 7 heteroatoms. The van der Waals surface area contributed by atoms with E-state index in [0.717, 1.165) is 0 Å². The van der Waals surface area contributed by atoms with Gasteiger partial charge in [-0.3, -0.25) is 15.0 Å². The molecule has 1 aliphatic heterocycles. The van der Waals surface area contributed by atoms with E-state index in [0.29, 0.717) is 41.8 Å². The monoisotopic (exact) mass is 352 g/mol. The third kappa shape index (κ3) is 2.80. The lowest BCUT2D eigenvalue weighted by molar-refractivity contribution is -0.123. The van der Waals surface area contributed by atoms with Crippen LogP contribution in [-0.4, -0.2) is 23.8 Å². The van der Waals surface area contributed by atoms with Crippen LogP contribution in [0.3, 0.4) is 0 Å². The first kappa shape index (κ1) is 17.5. The van der Waals surface area contributed by atoms with Gasteiger partial charge in [0.2, 0.25) is 5.91 Å². The van der Waals surface area contributed by atoms with Crippen molar-refractivity contribution in [3.8, 4) is 11.8 Å². The standard InChI is InChI=1S/C19H20N4O3/c1-11(24)22-23-14-7-5-8-15(25)18(14)17(13(10-20)19(23)21)12-6-3-4-9-16(12)26-2/h3-4,6,9,17H,5,7-8,21H2,1-2H3,(H,22,24). The normalized spacial score (nSPS) is 19.8. The second-order valence-corrected chi connectivity index (χ2v) is 6.23. The maximum absolute atomic E-state index is 12.8. The molecule has 134 valence electrons. The summed E-state index contributed by atoms with van der Waals surface area (Å²) in [6, 6.07) is 9.40. The Hall–Kier alpha value is -3.27. The van der Waals surface area contributed by atoms with Gasteiger partial charge >= 0.3 is 0 Å². The fraction of sp³-hybridized carbons (Fsp3) is 0.316. The first-order valence-corrected chi connectivity index (χ1v) is 8.35. The van der Waals surface area contributed by atoms with Crippen LogP contribution in [0.5, 0.6) is 5.75 Å². The zero-order valence-electron chi connectivity index (χ0n) is 14.7. The number of methoxy groups -OCH3 is 1. The first-order chi connectivity index (χ1) is 12.5. The Labute approximate surface area is 151 Å². The molecular formula is C19H20N4O3. The Morgan fingerprint density at radius 1 is 1.38 bits per heavy atom. The maximum atomic E-state index is 12.8. The number of carbonyl (C=O) groups is 2. The van der Waals surface area contributed by atoms with E-state index in [4.69, 9.17) is 10.5 Å². The quantitative estimate of drug-likeness (QED) is 0.859. The average Bonchev–Trinajstić information content (AvgIpc) is 2.63. The van der Waals surface area contributed by atoms with E-state index >= 15 is 0 Å². The molecule has 1 aromatic carbocycles. The number of ether oxygens (including phenoxy) is 1. The van der Waals surface area contributed by atoms with E-state index in [2.05, 4.69) is 11.5 Å².